The van der Waals surface area contributed by atoms with Gasteiger partial charge in [0, 0.05) is 6.54 Å². The second-order valence-corrected chi connectivity index (χ2v) is 3.99. The quantitative estimate of drug-likeness (QED) is 0.675. The maximum Gasteiger partial charge on any atom is 0.0172 e. The minimum Gasteiger partial charge on any atom is -0.391 e. The molecule has 0 aromatic carbocycles. The summed E-state index contributed by atoms with van der Waals surface area (Å²) in [5, 5.41) is 3.24. The summed E-state index contributed by atoms with van der Waals surface area (Å²) in [5.74, 6) is 1.78. The first-order valence-electron chi connectivity index (χ1n) is 6.19. The van der Waals surface area contributed by atoms with Gasteiger partial charge in [0.2, 0.25) is 0 Å². The van der Waals surface area contributed by atoms with Crippen LogP contribution in [0.5, 0.6) is 0 Å². The molecule has 0 amide bonds. The van der Waals surface area contributed by atoms with Crippen LogP contribution in [0.4, 0.5) is 0 Å². The van der Waals surface area contributed by atoms with Gasteiger partial charge in [0.25, 0.3) is 0 Å². The smallest absolute Gasteiger partial charge is 0.0172 e. The third kappa shape index (κ3) is 5.31. The van der Waals surface area contributed by atoms with Crippen molar-refractivity contribution in [2.24, 2.45) is 11.8 Å². The molecule has 1 saturated carbocycles. The van der Waals surface area contributed by atoms with E-state index in [1.54, 1.807) is 0 Å². The first-order chi connectivity index (χ1) is 6.84. The van der Waals surface area contributed by atoms with E-state index in [4.69, 9.17) is 0 Å². The molecule has 0 bridgehead atoms. The Hall–Kier alpha value is -0.460. The molecule has 1 fully saturated rings. The molecule has 1 nitrogen and oxygen atoms in total. The zero-order chi connectivity index (χ0) is 10.8. The van der Waals surface area contributed by atoms with E-state index >= 15 is 0 Å². The number of rotatable bonds is 3. The van der Waals surface area contributed by atoms with Crippen molar-refractivity contribution >= 4 is 0 Å². The second kappa shape index (κ2) is 9.11. The van der Waals surface area contributed by atoms with Gasteiger partial charge < -0.3 is 5.32 Å². The highest BCUT2D eigenvalue weighted by Crippen LogP contribution is 2.27. The summed E-state index contributed by atoms with van der Waals surface area (Å²) in [4.78, 5) is 0. The third-order valence-electron chi connectivity index (χ3n) is 3.06. The van der Waals surface area contributed by atoms with Gasteiger partial charge >= 0.3 is 0 Å². The Kier molecular flexibility index (Phi) is 8.81. The molecule has 2 unspecified atom stereocenters. The zero-order valence-electron chi connectivity index (χ0n) is 10.2. The van der Waals surface area contributed by atoms with Crippen molar-refractivity contribution in [1.82, 2.24) is 5.32 Å². The van der Waals surface area contributed by atoms with Gasteiger partial charge in [-0.1, -0.05) is 53.0 Å². The summed E-state index contributed by atoms with van der Waals surface area (Å²) < 4.78 is 0. The van der Waals surface area contributed by atoms with Crippen molar-refractivity contribution in [2.75, 3.05) is 6.54 Å². The van der Waals surface area contributed by atoms with Crippen LogP contribution >= 0.6 is 0 Å². The standard InChI is InChI=1S/C11H21N.C2H6/c1-3-12-9-11-8-6-4-5-7-10(11)2;1-2/h3,10-12H,1,4-9H2,2H3;1-2H3. The highest BCUT2D eigenvalue weighted by molar-refractivity contribution is 4.75. The van der Waals surface area contributed by atoms with E-state index in [1.807, 2.05) is 20.0 Å². The van der Waals surface area contributed by atoms with Crippen molar-refractivity contribution in [1.29, 1.82) is 0 Å². The van der Waals surface area contributed by atoms with Gasteiger partial charge in [-0.15, -0.1) is 0 Å². The van der Waals surface area contributed by atoms with Gasteiger partial charge in [0.1, 0.15) is 0 Å². The molecule has 1 aliphatic rings. The highest BCUT2D eigenvalue weighted by Gasteiger charge is 2.18. The Balaban J connectivity index is 0.000000791. The predicted molar refractivity (Wildman–Crippen MR) is 65.3 cm³/mol. The van der Waals surface area contributed by atoms with E-state index < -0.39 is 0 Å². The minimum absolute atomic E-state index is 0.880. The van der Waals surface area contributed by atoms with E-state index in [2.05, 4.69) is 18.8 Å². The van der Waals surface area contributed by atoms with Gasteiger partial charge in [0.05, 0.1) is 0 Å². The number of hydrogen-bond acceptors (Lipinski definition) is 1. The molecule has 0 aromatic rings. The van der Waals surface area contributed by atoms with Crippen LogP contribution in [-0.4, -0.2) is 6.54 Å². The Morgan fingerprint density at radius 1 is 1.21 bits per heavy atom. The topological polar surface area (TPSA) is 12.0 Å². The van der Waals surface area contributed by atoms with Gasteiger partial charge in [0.15, 0.2) is 0 Å². The molecule has 1 heteroatoms. The van der Waals surface area contributed by atoms with Crippen LogP contribution < -0.4 is 5.32 Å². The molecule has 1 N–H and O–H groups in total. The number of hydrogen-bond donors (Lipinski definition) is 1. The van der Waals surface area contributed by atoms with Crippen molar-refractivity contribution in [3.63, 3.8) is 0 Å². The molecule has 0 radical (unpaired) electrons. The lowest BCUT2D eigenvalue weighted by Crippen LogP contribution is -2.22. The SMILES string of the molecule is C=CNCC1CCCCCC1C.CC. The fraction of sp³-hybridized carbons (Fsp3) is 0.846. The van der Waals surface area contributed by atoms with Crippen LogP contribution in [0.15, 0.2) is 12.8 Å². The molecule has 0 aliphatic heterocycles. The molecule has 2 atom stereocenters. The maximum atomic E-state index is 3.68. The average molecular weight is 197 g/mol. The van der Waals surface area contributed by atoms with Crippen LogP contribution in [0.2, 0.25) is 0 Å². The summed E-state index contributed by atoms with van der Waals surface area (Å²) in [6, 6.07) is 0. The summed E-state index contributed by atoms with van der Waals surface area (Å²) in [5.41, 5.74) is 0. The fourth-order valence-corrected chi connectivity index (χ4v) is 2.11. The first kappa shape index (κ1) is 13.5. The van der Waals surface area contributed by atoms with E-state index in [0.717, 1.165) is 18.4 Å². The summed E-state index contributed by atoms with van der Waals surface area (Å²) >= 11 is 0. The minimum atomic E-state index is 0.880. The maximum absolute atomic E-state index is 3.68. The lowest BCUT2D eigenvalue weighted by molar-refractivity contribution is 0.333. The van der Waals surface area contributed by atoms with Gasteiger partial charge in [-0.05, 0) is 24.5 Å². The normalized spacial score (nSPS) is 26.8. The van der Waals surface area contributed by atoms with Crippen molar-refractivity contribution in [2.45, 2.75) is 52.9 Å². The lowest BCUT2D eigenvalue weighted by Gasteiger charge is -2.20. The van der Waals surface area contributed by atoms with Crippen LogP contribution in [0.1, 0.15) is 52.9 Å². The molecular formula is C13H27N. The van der Waals surface area contributed by atoms with Crippen LogP contribution in [-0.2, 0) is 0 Å². The molecule has 14 heavy (non-hydrogen) atoms. The Labute approximate surface area is 90.0 Å². The highest BCUT2D eigenvalue weighted by atomic mass is 14.8. The molecule has 0 saturated heterocycles. The van der Waals surface area contributed by atoms with Crippen LogP contribution in [0, 0.1) is 11.8 Å². The second-order valence-electron chi connectivity index (χ2n) is 3.99. The molecule has 1 rings (SSSR count). The molecule has 1 aliphatic carbocycles. The van der Waals surface area contributed by atoms with Crippen LogP contribution in [0.3, 0.4) is 0 Å². The molecule has 0 spiro atoms. The van der Waals surface area contributed by atoms with Gasteiger partial charge in [-0.2, -0.15) is 0 Å². The molecule has 84 valence electrons. The Morgan fingerprint density at radius 2 is 1.86 bits per heavy atom. The predicted octanol–water partition coefficient (Wildman–Crippen LogP) is 3.96. The van der Waals surface area contributed by atoms with Crippen molar-refractivity contribution in [3.05, 3.63) is 12.8 Å². The van der Waals surface area contributed by atoms with E-state index in [9.17, 15) is 0 Å². The largest absolute Gasteiger partial charge is 0.391 e. The monoisotopic (exact) mass is 197 g/mol. The fourth-order valence-electron chi connectivity index (χ4n) is 2.11. The summed E-state index contributed by atoms with van der Waals surface area (Å²) in [6.45, 7) is 11.2. The molecule has 0 aromatic heterocycles. The third-order valence-corrected chi connectivity index (χ3v) is 3.06. The lowest BCUT2D eigenvalue weighted by atomic mass is 9.90. The van der Waals surface area contributed by atoms with Gasteiger partial charge in [-0.25, -0.2) is 0 Å². The van der Waals surface area contributed by atoms with Crippen molar-refractivity contribution < 1.29 is 0 Å². The van der Waals surface area contributed by atoms with E-state index in [-0.39, 0.29) is 0 Å². The van der Waals surface area contributed by atoms with Crippen molar-refractivity contribution in [3.8, 4) is 0 Å². The molecule has 0 heterocycles. The summed E-state index contributed by atoms with van der Waals surface area (Å²) in [6.07, 6.45) is 8.94. The van der Waals surface area contributed by atoms with Crippen LogP contribution in [0.25, 0.3) is 0 Å². The Morgan fingerprint density at radius 3 is 2.50 bits per heavy atom. The zero-order valence-corrected chi connectivity index (χ0v) is 10.2. The first-order valence-corrected chi connectivity index (χ1v) is 6.19. The van der Waals surface area contributed by atoms with E-state index in [0.29, 0.717) is 0 Å². The summed E-state index contributed by atoms with van der Waals surface area (Å²) in [7, 11) is 0. The molecular weight excluding hydrogens is 170 g/mol. The van der Waals surface area contributed by atoms with E-state index in [1.165, 1.54) is 32.1 Å². The van der Waals surface area contributed by atoms with Gasteiger partial charge in [-0.3, -0.25) is 0 Å². The average Bonchev–Trinajstić information content (AvgIpc) is 2.43. The Bertz CT molecular complexity index is 131. The number of nitrogens with one attached hydrogen (secondary N) is 1.